The average molecular weight is 224 g/mol. The summed E-state index contributed by atoms with van der Waals surface area (Å²) in [6.45, 7) is 5.16. The third-order valence-electron chi connectivity index (χ3n) is 2.10. The van der Waals surface area contributed by atoms with Crippen LogP contribution in [0.1, 0.15) is 13.8 Å². The molecule has 0 atom stereocenters. The Kier molecular flexibility index (Phi) is 3.93. The predicted octanol–water partition coefficient (Wildman–Crippen LogP) is 2.04. The van der Waals surface area contributed by atoms with E-state index in [9.17, 15) is 10.1 Å². The van der Waals surface area contributed by atoms with Gasteiger partial charge in [0.15, 0.2) is 0 Å². The second kappa shape index (κ2) is 5.20. The molecule has 16 heavy (non-hydrogen) atoms. The van der Waals surface area contributed by atoms with Crippen LogP contribution in [0.3, 0.4) is 0 Å². The van der Waals surface area contributed by atoms with Crippen LogP contribution >= 0.6 is 0 Å². The van der Waals surface area contributed by atoms with E-state index in [0.717, 1.165) is 0 Å². The minimum absolute atomic E-state index is 0.000929. The summed E-state index contributed by atoms with van der Waals surface area (Å²) in [7, 11) is 0. The van der Waals surface area contributed by atoms with E-state index in [1.807, 2.05) is 13.8 Å². The van der Waals surface area contributed by atoms with Gasteiger partial charge in [-0.3, -0.25) is 10.1 Å². The van der Waals surface area contributed by atoms with Crippen molar-refractivity contribution in [3.05, 3.63) is 22.2 Å². The van der Waals surface area contributed by atoms with Crippen LogP contribution in [0.15, 0.2) is 12.1 Å². The first-order chi connectivity index (χ1) is 7.60. The Labute approximate surface area is 94.0 Å². The number of nitrogens with two attached hydrogens (primary N) is 1. The highest BCUT2D eigenvalue weighted by molar-refractivity contribution is 5.79. The zero-order valence-corrected chi connectivity index (χ0v) is 9.41. The van der Waals surface area contributed by atoms with E-state index in [1.165, 1.54) is 6.07 Å². The number of rotatable bonds is 5. The summed E-state index contributed by atoms with van der Waals surface area (Å²) >= 11 is 0. The van der Waals surface area contributed by atoms with E-state index in [0.29, 0.717) is 30.2 Å². The van der Waals surface area contributed by atoms with Gasteiger partial charge in [-0.25, -0.2) is 0 Å². The van der Waals surface area contributed by atoms with Gasteiger partial charge in [0.05, 0.1) is 16.3 Å². The summed E-state index contributed by atoms with van der Waals surface area (Å²) in [5, 5.41) is 16.8. The van der Waals surface area contributed by atoms with Crippen molar-refractivity contribution in [1.82, 2.24) is 0 Å². The maximum absolute atomic E-state index is 10.8. The molecule has 0 fully saturated rings. The third-order valence-corrected chi connectivity index (χ3v) is 2.10. The van der Waals surface area contributed by atoms with E-state index < -0.39 is 4.92 Å². The van der Waals surface area contributed by atoms with Crippen molar-refractivity contribution in [3.63, 3.8) is 0 Å². The van der Waals surface area contributed by atoms with Gasteiger partial charge in [-0.05, 0) is 19.9 Å². The highest BCUT2D eigenvalue weighted by Crippen LogP contribution is 2.32. The van der Waals surface area contributed by atoms with Crippen LogP contribution < -0.4 is 16.4 Å². The van der Waals surface area contributed by atoms with Gasteiger partial charge < -0.3 is 16.4 Å². The smallest absolute Gasteiger partial charge is 0.294 e. The fourth-order valence-electron chi connectivity index (χ4n) is 1.43. The summed E-state index contributed by atoms with van der Waals surface area (Å²) in [5.74, 6) is 0. The Morgan fingerprint density at radius 1 is 1.25 bits per heavy atom. The minimum Gasteiger partial charge on any atom is -0.397 e. The van der Waals surface area contributed by atoms with Crippen LogP contribution in [0.4, 0.5) is 22.7 Å². The van der Waals surface area contributed by atoms with Crippen molar-refractivity contribution in [2.75, 3.05) is 29.5 Å². The molecule has 0 unspecified atom stereocenters. The lowest BCUT2D eigenvalue weighted by molar-refractivity contribution is -0.383. The number of nitro groups is 1. The molecule has 4 N–H and O–H groups in total. The Hall–Kier alpha value is -1.98. The summed E-state index contributed by atoms with van der Waals surface area (Å²) in [6.07, 6.45) is 0. The first-order valence-corrected chi connectivity index (χ1v) is 5.15. The molecule has 0 heterocycles. The molecule has 1 aromatic rings. The van der Waals surface area contributed by atoms with Gasteiger partial charge >= 0.3 is 0 Å². The van der Waals surface area contributed by atoms with Crippen LogP contribution in [-0.4, -0.2) is 18.0 Å². The van der Waals surface area contributed by atoms with E-state index in [2.05, 4.69) is 10.6 Å². The fraction of sp³-hybridized carbons (Fsp3) is 0.400. The molecule has 0 radical (unpaired) electrons. The molecular formula is C10H16N4O2. The summed E-state index contributed by atoms with van der Waals surface area (Å²) < 4.78 is 0. The fourth-order valence-corrected chi connectivity index (χ4v) is 1.43. The van der Waals surface area contributed by atoms with Gasteiger partial charge in [0.25, 0.3) is 5.69 Å². The number of anilines is 3. The number of nitrogens with one attached hydrogen (secondary N) is 2. The molecule has 0 aromatic heterocycles. The molecule has 0 saturated heterocycles. The molecule has 6 nitrogen and oxygen atoms in total. The van der Waals surface area contributed by atoms with E-state index in [-0.39, 0.29) is 5.69 Å². The van der Waals surface area contributed by atoms with Crippen molar-refractivity contribution >= 4 is 22.7 Å². The van der Waals surface area contributed by atoms with Crippen LogP contribution in [0.5, 0.6) is 0 Å². The van der Waals surface area contributed by atoms with Gasteiger partial charge in [0, 0.05) is 19.2 Å². The number of nitrogen functional groups attached to an aromatic ring is 1. The minimum atomic E-state index is -0.440. The van der Waals surface area contributed by atoms with E-state index in [1.54, 1.807) is 6.07 Å². The molecule has 0 aliphatic carbocycles. The number of nitrogens with zero attached hydrogens (tertiary/aromatic N) is 1. The van der Waals surface area contributed by atoms with Crippen molar-refractivity contribution in [2.45, 2.75) is 13.8 Å². The third kappa shape index (κ3) is 2.53. The second-order valence-corrected chi connectivity index (χ2v) is 3.27. The van der Waals surface area contributed by atoms with E-state index in [4.69, 9.17) is 5.73 Å². The lowest BCUT2D eigenvalue weighted by Crippen LogP contribution is -2.06. The molecule has 88 valence electrons. The SMILES string of the molecule is CCNc1cc(NCC)c([N+](=O)[O-])cc1N. The molecule has 0 aliphatic heterocycles. The first kappa shape index (κ1) is 12.1. The number of hydrogen-bond donors (Lipinski definition) is 3. The molecule has 1 aromatic carbocycles. The second-order valence-electron chi connectivity index (χ2n) is 3.27. The molecule has 0 spiro atoms. The normalized spacial score (nSPS) is 9.88. The Bertz CT molecular complexity index is 393. The monoisotopic (exact) mass is 224 g/mol. The van der Waals surface area contributed by atoms with Gasteiger partial charge in [0.2, 0.25) is 0 Å². The van der Waals surface area contributed by atoms with Crippen LogP contribution in [0.2, 0.25) is 0 Å². The Balaban J connectivity index is 3.19. The van der Waals surface area contributed by atoms with Crippen molar-refractivity contribution < 1.29 is 4.92 Å². The lowest BCUT2D eigenvalue weighted by atomic mass is 10.2. The average Bonchev–Trinajstić information content (AvgIpc) is 2.23. The van der Waals surface area contributed by atoms with Gasteiger partial charge in [-0.2, -0.15) is 0 Å². The largest absolute Gasteiger partial charge is 0.397 e. The maximum atomic E-state index is 10.8. The molecular weight excluding hydrogens is 208 g/mol. The summed E-state index contributed by atoms with van der Waals surface area (Å²) in [4.78, 5) is 10.4. The zero-order chi connectivity index (χ0) is 12.1. The topological polar surface area (TPSA) is 93.2 Å². The van der Waals surface area contributed by atoms with Crippen molar-refractivity contribution in [2.24, 2.45) is 0 Å². The van der Waals surface area contributed by atoms with E-state index >= 15 is 0 Å². The molecule has 0 amide bonds. The number of nitro benzene ring substituents is 1. The molecule has 0 aliphatic rings. The van der Waals surface area contributed by atoms with Crippen molar-refractivity contribution in [3.8, 4) is 0 Å². The van der Waals surface area contributed by atoms with Crippen LogP contribution in [-0.2, 0) is 0 Å². The maximum Gasteiger partial charge on any atom is 0.294 e. The molecule has 0 saturated carbocycles. The Morgan fingerprint density at radius 3 is 2.31 bits per heavy atom. The number of hydrogen-bond acceptors (Lipinski definition) is 5. The van der Waals surface area contributed by atoms with Gasteiger partial charge in [0.1, 0.15) is 5.69 Å². The van der Waals surface area contributed by atoms with Crippen LogP contribution in [0.25, 0.3) is 0 Å². The van der Waals surface area contributed by atoms with Gasteiger partial charge in [-0.15, -0.1) is 0 Å². The number of benzene rings is 1. The Morgan fingerprint density at radius 2 is 1.81 bits per heavy atom. The summed E-state index contributed by atoms with van der Waals surface area (Å²) in [6, 6.07) is 3.04. The van der Waals surface area contributed by atoms with Crippen LogP contribution in [0, 0.1) is 10.1 Å². The highest BCUT2D eigenvalue weighted by atomic mass is 16.6. The van der Waals surface area contributed by atoms with Gasteiger partial charge in [-0.1, -0.05) is 0 Å². The zero-order valence-electron chi connectivity index (χ0n) is 9.41. The molecule has 0 bridgehead atoms. The molecule has 6 heteroatoms. The summed E-state index contributed by atoms with van der Waals surface area (Å²) in [5.41, 5.74) is 7.30. The quantitative estimate of drug-likeness (QED) is 0.404. The lowest BCUT2D eigenvalue weighted by Gasteiger charge is -2.11. The predicted molar refractivity (Wildman–Crippen MR) is 65.8 cm³/mol. The highest BCUT2D eigenvalue weighted by Gasteiger charge is 2.16. The van der Waals surface area contributed by atoms with Crippen molar-refractivity contribution in [1.29, 1.82) is 0 Å². The standard InChI is InChI=1S/C10H16N4O2/c1-3-12-8-6-9(13-4-2)10(14(15)16)5-7(8)11/h5-6,12-13H,3-4,11H2,1-2H3. The first-order valence-electron chi connectivity index (χ1n) is 5.15. The molecule has 1 rings (SSSR count).